The lowest BCUT2D eigenvalue weighted by molar-refractivity contribution is -0.274. The highest BCUT2D eigenvalue weighted by atomic mass is 35.5. The van der Waals surface area contributed by atoms with Crippen LogP contribution in [0.1, 0.15) is 25.7 Å². The van der Waals surface area contributed by atoms with Gasteiger partial charge in [-0.25, -0.2) is 13.1 Å². The van der Waals surface area contributed by atoms with Gasteiger partial charge >= 0.3 is 6.36 Å². The Labute approximate surface area is 194 Å². The van der Waals surface area contributed by atoms with Crippen LogP contribution in [0.5, 0.6) is 5.75 Å². The van der Waals surface area contributed by atoms with E-state index in [1.165, 1.54) is 0 Å². The number of benzene rings is 2. The van der Waals surface area contributed by atoms with Crippen molar-refractivity contribution in [2.45, 2.75) is 49.0 Å². The van der Waals surface area contributed by atoms with Crippen LogP contribution in [0.2, 0.25) is 5.02 Å². The summed E-state index contributed by atoms with van der Waals surface area (Å²) in [5, 5.41) is 5.09. The van der Waals surface area contributed by atoms with Crippen LogP contribution in [-0.4, -0.2) is 31.8 Å². The molecule has 1 aliphatic rings. The quantitative estimate of drug-likeness (QED) is 0.469. The van der Waals surface area contributed by atoms with Gasteiger partial charge in [0.25, 0.3) is 0 Å². The lowest BCUT2D eigenvalue weighted by Crippen LogP contribution is -2.40. The maximum absolute atomic E-state index is 12.6. The van der Waals surface area contributed by atoms with Crippen molar-refractivity contribution in [3.63, 3.8) is 0 Å². The number of sulfonamides is 1. The Morgan fingerprint density at radius 2 is 1.64 bits per heavy atom. The highest BCUT2D eigenvalue weighted by molar-refractivity contribution is 7.89. The van der Waals surface area contributed by atoms with Crippen molar-refractivity contribution in [2.75, 3.05) is 5.32 Å². The molecule has 176 valence electrons. The van der Waals surface area contributed by atoms with Crippen LogP contribution in [-0.2, 0) is 10.0 Å². The SMILES string of the molecule is O=S(=O)(N[C@H]1CC[C@@H](Nc2ccnc3cc(Cl)ccc23)CC1)c1ccc(OC(F)(F)F)cc1. The van der Waals surface area contributed by atoms with Crippen molar-refractivity contribution >= 4 is 38.2 Å². The van der Waals surface area contributed by atoms with E-state index >= 15 is 0 Å². The molecule has 3 aromatic rings. The molecule has 0 saturated heterocycles. The normalized spacial score (nSPS) is 19.4. The van der Waals surface area contributed by atoms with Gasteiger partial charge in [-0.15, -0.1) is 13.2 Å². The molecule has 0 aliphatic heterocycles. The number of alkyl halides is 3. The van der Waals surface area contributed by atoms with E-state index in [9.17, 15) is 21.6 Å². The number of nitrogens with one attached hydrogen (secondary N) is 2. The maximum Gasteiger partial charge on any atom is 0.573 e. The first-order chi connectivity index (χ1) is 15.6. The van der Waals surface area contributed by atoms with Gasteiger partial charge in [0.05, 0.1) is 10.4 Å². The molecule has 33 heavy (non-hydrogen) atoms. The van der Waals surface area contributed by atoms with Gasteiger partial charge in [-0.3, -0.25) is 4.98 Å². The van der Waals surface area contributed by atoms with Gasteiger partial charge in [-0.1, -0.05) is 11.6 Å². The first-order valence-electron chi connectivity index (χ1n) is 10.3. The van der Waals surface area contributed by atoms with Gasteiger partial charge in [0.2, 0.25) is 10.0 Å². The molecular formula is C22H21ClF3N3O3S. The van der Waals surface area contributed by atoms with Gasteiger partial charge in [0, 0.05) is 34.4 Å². The van der Waals surface area contributed by atoms with Gasteiger partial charge in [-0.05, 0) is 74.2 Å². The van der Waals surface area contributed by atoms with Crippen LogP contribution in [0.15, 0.2) is 59.6 Å². The first-order valence-corrected chi connectivity index (χ1v) is 12.1. The number of ether oxygens (including phenoxy) is 1. The standard InChI is InChI=1S/C22H21ClF3N3O3S/c23-14-1-10-19-20(11-12-27-21(19)13-14)28-15-2-4-16(5-3-15)29-33(30,31)18-8-6-17(7-9-18)32-22(24,25)26/h1,6-13,15-16,29H,2-5H2,(H,27,28)/t15-,16+. The fourth-order valence-corrected chi connectivity index (χ4v) is 5.40. The van der Waals surface area contributed by atoms with Crippen molar-refractivity contribution in [3.05, 3.63) is 59.8 Å². The molecule has 0 amide bonds. The number of rotatable bonds is 6. The summed E-state index contributed by atoms with van der Waals surface area (Å²) in [6.45, 7) is 0. The summed E-state index contributed by atoms with van der Waals surface area (Å²) in [6.07, 6.45) is -0.360. The molecule has 1 fully saturated rings. The highest BCUT2D eigenvalue weighted by Crippen LogP contribution is 2.29. The van der Waals surface area contributed by atoms with E-state index in [1.807, 2.05) is 18.2 Å². The minimum atomic E-state index is -4.83. The minimum Gasteiger partial charge on any atom is -0.406 e. The molecule has 1 aliphatic carbocycles. The molecule has 1 heterocycles. The number of anilines is 1. The summed E-state index contributed by atoms with van der Waals surface area (Å²) in [4.78, 5) is 4.22. The summed E-state index contributed by atoms with van der Waals surface area (Å²) in [5.74, 6) is -0.473. The average molecular weight is 500 g/mol. The highest BCUT2D eigenvalue weighted by Gasteiger charge is 2.31. The third kappa shape index (κ3) is 6.07. The molecule has 0 bridgehead atoms. The lowest BCUT2D eigenvalue weighted by Gasteiger charge is -2.30. The van der Waals surface area contributed by atoms with Gasteiger partial charge in [-0.2, -0.15) is 0 Å². The van der Waals surface area contributed by atoms with E-state index in [2.05, 4.69) is 19.8 Å². The Morgan fingerprint density at radius 1 is 0.970 bits per heavy atom. The summed E-state index contributed by atoms with van der Waals surface area (Å²) in [5.41, 5.74) is 1.74. The van der Waals surface area contributed by atoms with E-state index in [0.29, 0.717) is 17.9 Å². The van der Waals surface area contributed by atoms with Crippen molar-refractivity contribution in [2.24, 2.45) is 0 Å². The van der Waals surface area contributed by atoms with Gasteiger partial charge in [0.15, 0.2) is 0 Å². The third-order valence-electron chi connectivity index (χ3n) is 5.48. The van der Waals surface area contributed by atoms with Crippen LogP contribution in [0.25, 0.3) is 10.9 Å². The van der Waals surface area contributed by atoms with Crippen molar-refractivity contribution in [1.82, 2.24) is 9.71 Å². The molecule has 0 atom stereocenters. The van der Waals surface area contributed by atoms with Crippen molar-refractivity contribution in [1.29, 1.82) is 0 Å². The average Bonchev–Trinajstić information content (AvgIpc) is 2.74. The second kappa shape index (κ2) is 9.36. The largest absolute Gasteiger partial charge is 0.573 e. The number of halogens is 4. The smallest absolute Gasteiger partial charge is 0.406 e. The molecule has 0 spiro atoms. The second-order valence-electron chi connectivity index (χ2n) is 7.85. The van der Waals surface area contributed by atoms with Crippen LogP contribution in [0, 0.1) is 0 Å². The number of pyridine rings is 1. The Balaban J connectivity index is 1.34. The van der Waals surface area contributed by atoms with Crippen LogP contribution >= 0.6 is 11.6 Å². The molecule has 1 aromatic heterocycles. The predicted octanol–water partition coefficient (Wildman–Crippen LogP) is 5.49. The summed E-state index contributed by atoms with van der Waals surface area (Å²) >= 11 is 6.04. The number of hydrogen-bond acceptors (Lipinski definition) is 5. The Kier molecular flexibility index (Phi) is 6.69. The van der Waals surface area contributed by atoms with E-state index in [4.69, 9.17) is 11.6 Å². The molecule has 6 nitrogen and oxygen atoms in total. The van der Waals surface area contributed by atoms with Crippen LogP contribution in [0.4, 0.5) is 18.9 Å². The van der Waals surface area contributed by atoms with E-state index in [1.54, 1.807) is 12.3 Å². The molecule has 11 heteroatoms. The third-order valence-corrected chi connectivity index (χ3v) is 7.25. The van der Waals surface area contributed by atoms with Crippen LogP contribution < -0.4 is 14.8 Å². The number of nitrogens with zero attached hydrogens (tertiary/aromatic N) is 1. The predicted molar refractivity (Wildman–Crippen MR) is 120 cm³/mol. The number of hydrogen-bond donors (Lipinski definition) is 2. The second-order valence-corrected chi connectivity index (χ2v) is 10.0. The maximum atomic E-state index is 12.6. The minimum absolute atomic E-state index is 0.112. The zero-order chi connectivity index (χ0) is 23.6. The Hall–Kier alpha value is -2.56. The zero-order valence-electron chi connectivity index (χ0n) is 17.3. The molecule has 1 saturated carbocycles. The topological polar surface area (TPSA) is 80.3 Å². The Bertz CT molecular complexity index is 1230. The number of aromatic nitrogens is 1. The monoisotopic (exact) mass is 499 g/mol. The zero-order valence-corrected chi connectivity index (χ0v) is 18.8. The molecular weight excluding hydrogens is 479 g/mol. The van der Waals surface area contributed by atoms with E-state index in [-0.39, 0.29) is 17.0 Å². The fraction of sp³-hybridized carbons (Fsp3) is 0.318. The molecule has 0 radical (unpaired) electrons. The number of fused-ring (bicyclic) bond motifs is 1. The molecule has 2 aromatic carbocycles. The molecule has 2 N–H and O–H groups in total. The van der Waals surface area contributed by atoms with Gasteiger partial charge < -0.3 is 10.1 Å². The van der Waals surface area contributed by atoms with Gasteiger partial charge in [0.1, 0.15) is 5.75 Å². The summed E-state index contributed by atoms with van der Waals surface area (Å²) in [7, 11) is -3.86. The first kappa shape index (κ1) is 23.6. The van der Waals surface area contributed by atoms with Crippen molar-refractivity contribution < 1.29 is 26.3 Å². The molecule has 4 rings (SSSR count). The van der Waals surface area contributed by atoms with E-state index in [0.717, 1.165) is 53.7 Å². The molecule has 0 unspecified atom stereocenters. The van der Waals surface area contributed by atoms with Crippen molar-refractivity contribution in [3.8, 4) is 5.75 Å². The van der Waals surface area contributed by atoms with E-state index < -0.39 is 22.1 Å². The Morgan fingerprint density at radius 3 is 2.30 bits per heavy atom. The van der Waals surface area contributed by atoms with Crippen LogP contribution in [0.3, 0.4) is 0 Å². The summed E-state index contributed by atoms with van der Waals surface area (Å²) < 4.78 is 68.5. The lowest BCUT2D eigenvalue weighted by atomic mass is 9.91. The fourth-order valence-electron chi connectivity index (χ4n) is 3.93. The summed E-state index contributed by atoms with van der Waals surface area (Å²) in [6, 6.07) is 11.5.